The highest BCUT2D eigenvalue weighted by Crippen LogP contribution is 2.37. The number of aromatic hydroxyl groups is 1. The SMILES string of the molecule is CC(C)(C)c1cc(C#CCC#N)c(O)c(C(C)(C)C)c1. The molecule has 0 fully saturated rings. The van der Waals surface area contributed by atoms with Crippen molar-refractivity contribution in [1.29, 1.82) is 5.26 Å². The quantitative estimate of drug-likeness (QED) is 0.715. The standard InChI is InChI=1S/C18H23NO/c1-17(2,3)14-11-13(9-7-8-10-19)16(20)15(12-14)18(4,5)6/h11-12,20H,8H2,1-6H3. The van der Waals surface area contributed by atoms with Crippen molar-refractivity contribution in [1.82, 2.24) is 0 Å². The monoisotopic (exact) mass is 269 g/mol. The summed E-state index contributed by atoms with van der Waals surface area (Å²) in [5.41, 5.74) is 2.47. The molecule has 1 N–H and O–H groups in total. The van der Waals surface area contributed by atoms with E-state index in [2.05, 4.69) is 59.4 Å². The predicted octanol–water partition coefficient (Wildman–Crippen LogP) is 4.25. The fourth-order valence-electron chi connectivity index (χ4n) is 1.91. The molecule has 0 aliphatic carbocycles. The minimum atomic E-state index is -0.156. The molecule has 20 heavy (non-hydrogen) atoms. The predicted molar refractivity (Wildman–Crippen MR) is 82.6 cm³/mol. The number of hydrogen-bond donors (Lipinski definition) is 1. The number of phenolic OH excluding ortho intramolecular Hbond substituents is 1. The lowest BCUT2D eigenvalue weighted by Crippen LogP contribution is -2.17. The van der Waals surface area contributed by atoms with Crippen LogP contribution in [-0.2, 0) is 10.8 Å². The van der Waals surface area contributed by atoms with Gasteiger partial charge in [0.15, 0.2) is 0 Å². The summed E-state index contributed by atoms with van der Waals surface area (Å²) in [7, 11) is 0. The first-order valence-corrected chi connectivity index (χ1v) is 6.81. The third-order valence-corrected chi connectivity index (χ3v) is 3.17. The van der Waals surface area contributed by atoms with Crippen molar-refractivity contribution in [2.24, 2.45) is 0 Å². The molecule has 0 spiro atoms. The van der Waals surface area contributed by atoms with E-state index >= 15 is 0 Å². The second-order valence-corrected chi connectivity index (χ2v) is 7.06. The Labute approximate surface area is 122 Å². The lowest BCUT2D eigenvalue weighted by molar-refractivity contribution is 0.443. The first-order chi connectivity index (χ1) is 9.07. The zero-order valence-electron chi connectivity index (χ0n) is 13.3. The van der Waals surface area contributed by atoms with Crippen LogP contribution < -0.4 is 0 Å². The minimum Gasteiger partial charge on any atom is -0.506 e. The molecule has 0 unspecified atom stereocenters. The maximum atomic E-state index is 10.4. The van der Waals surface area contributed by atoms with Crippen molar-refractivity contribution >= 4 is 0 Å². The van der Waals surface area contributed by atoms with Crippen LogP contribution in [-0.4, -0.2) is 5.11 Å². The summed E-state index contributed by atoms with van der Waals surface area (Å²) < 4.78 is 0. The Balaban J connectivity index is 3.53. The van der Waals surface area contributed by atoms with Gasteiger partial charge in [-0.3, -0.25) is 0 Å². The van der Waals surface area contributed by atoms with E-state index in [1.54, 1.807) is 0 Å². The molecule has 2 heteroatoms. The second kappa shape index (κ2) is 5.59. The van der Waals surface area contributed by atoms with Crippen LogP contribution in [0.1, 0.15) is 64.7 Å². The number of benzene rings is 1. The summed E-state index contributed by atoms with van der Waals surface area (Å²) in [5.74, 6) is 5.93. The van der Waals surface area contributed by atoms with E-state index in [4.69, 9.17) is 5.26 Å². The number of rotatable bonds is 0. The molecule has 1 aromatic rings. The van der Waals surface area contributed by atoms with Gasteiger partial charge in [-0.05, 0) is 22.5 Å². The Morgan fingerprint density at radius 2 is 1.65 bits per heavy atom. The lowest BCUT2D eigenvalue weighted by Gasteiger charge is -2.26. The number of hydrogen-bond acceptors (Lipinski definition) is 2. The van der Waals surface area contributed by atoms with Gasteiger partial charge in [-0.15, -0.1) is 0 Å². The third kappa shape index (κ3) is 3.78. The van der Waals surface area contributed by atoms with E-state index in [1.807, 2.05) is 12.1 Å². The summed E-state index contributed by atoms with van der Waals surface area (Å²) in [4.78, 5) is 0. The number of nitrogens with zero attached hydrogens (tertiary/aromatic N) is 1. The third-order valence-electron chi connectivity index (χ3n) is 3.17. The second-order valence-electron chi connectivity index (χ2n) is 7.06. The van der Waals surface area contributed by atoms with Crippen LogP contribution in [0.25, 0.3) is 0 Å². The van der Waals surface area contributed by atoms with Gasteiger partial charge in [0.05, 0.1) is 18.1 Å². The van der Waals surface area contributed by atoms with Crippen molar-refractivity contribution in [2.75, 3.05) is 0 Å². The van der Waals surface area contributed by atoms with Crippen LogP contribution in [0.5, 0.6) is 5.75 Å². The Kier molecular flexibility index (Phi) is 4.51. The fourth-order valence-corrected chi connectivity index (χ4v) is 1.91. The maximum Gasteiger partial charge on any atom is 0.134 e. The highest BCUT2D eigenvalue weighted by molar-refractivity contribution is 5.55. The van der Waals surface area contributed by atoms with Gasteiger partial charge in [-0.2, -0.15) is 5.26 Å². The van der Waals surface area contributed by atoms with Crippen LogP contribution in [0, 0.1) is 23.2 Å². The Morgan fingerprint density at radius 1 is 1.05 bits per heavy atom. The highest BCUT2D eigenvalue weighted by Gasteiger charge is 2.24. The maximum absolute atomic E-state index is 10.4. The van der Waals surface area contributed by atoms with E-state index in [9.17, 15) is 5.11 Å². The normalized spacial score (nSPS) is 11.4. The van der Waals surface area contributed by atoms with Gasteiger partial charge in [0.2, 0.25) is 0 Å². The summed E-state index contributed by atoms with van der Waals surface area (Å²) in [6, 6.07) is 5.98. The number of nitriles is 1. The molecule has 106 valence electrons. The smallest absolute Gasteiger partial charge is 0.134 e. The summed E-state index contributed by atoms with van der Waals surface area (Å²) in [5, 5.41) is 19.0. The average Bonchev–Trinajstić information content (AvgIpc) is 2.28. The van der Waals surface area contributed by atoms with E-state index in [1.165, 1.54) is 0 Å². The molecular weight excluding hydrogens is 246 g/mol. The molecule has 0 aliphatic rings. The molecule has 0 heterocycles. The topological polar surface area (TPSA) is 44.0 Å². The zero-order chi connectivity index (χ0) is 15.6. The molecule has 0 aliphatic heterocycles. The first-order valence-electron chi connectivity index (χ1n) is 6.81. The van der Waals surface area contributed by atoms with Crippen LogP contribution in [0.4, 0.5) is 0 Å². The fraction of sp³-hybridized carbons (Fsp3) is 0.500. The Morgan fingerprint density at radius 3 is 2.10 bits per heavy atom. The zero-order valence-corrected chi connectivity index (χ0v) is 13.3. The van der Waals surface area contributed by atoms with Crippen LogP contribution >= 0.6 is 0 Å². The molecule has 0 saturated carbocycles. The highest BCUT2D eigenvalue weighted by atomic mass is 16.3. The largest absolute Gasteiger partial charge is 0.506 e. The van der Waals surface area contributed by atoms with Crippen molar-refractivity contribution in [3.05, 3.63) is 28.8 Å². The molecule has 1 aromatic carbocycles. The molecule has 1 rings (SSSR count). The van der Waals surface area contributed by atoms with Gasteiger partial charge in [0.25, 0.3) is 0 Å². The molecule has 0 radical (unpaired) electrons. The van der Waals surface area contributed by atoms with E-state index in [-0.39, 0.29) is 23.0 Å². The van der Waals surface area contributed by atoms with Gasteiger partial charge in [0, 0.05) is 5.56 Å². The molecule has 0 aromatic heterocycles. The molecule has 0 atom stereocenters. The van der Waals surface area contributed by atoms with Gasteiger partial charge >= 0.3 is 0 Å². The Hall–Kier alpha value is -1.93. The Bertz CT molecular complexity index is 596. The van der Waals surface area contributed by atoms with Crippen LogP contribution in [0.2, 0.25) is 0 Å². The number of phenols is 1. The van der Waals surface area contributed by atoms with Crippen LogP contribution in [0.3, 0.4) is 0 Å². The summed E-state index contributed by atoms with van der Waals surface area (Å²) in [6.07, 6.45) is 0.171. The van der Waals surface area contributed by atoms with Crippen molar-refractivity contribution in [3.63, 3.8) is 0 Å². The van der Waals surface area contributed by atoms with Gasteiger partial charge in [-0.1, -0.05) is 59.4 Å². The molecule has 0 amide bonds. The van der Waals surface area contributed by atoms with E-state index in [0.717, 1.165) is 11.1 Å². The van der Waals surface area contributed by atoms with Crippen molar-refractivity contribution in [3.8, 4) is 23.7 Å². The lowest BCUT2D eigenvalue weighted by atomic mass is 9.79. The van der Waals surface area contributed by atoms with E-state index < -0.39 is 0 Å². The van der Waals surface area contributed by atoms with Gasteiger partial charge in [-0.25, -0.2) is 0 Å². The van der Waals surface area contributed by atoms with Crippen molar-refractivity contribution in [2.45, 2.75) is 58.8 Å². The molecule has 0 bridgehead atoms. The van der Waals surface area contributed by atoms with Gasteiger partial charge in [0.1, 0.15) is 5.75 Å². The van der Waals surface area contributed by atoms with Crippen molar-refractivity contribution < 1.29 is 5.11 Å². The summed E-state index contributed by atoms with van der Waals surface area (Å²) >= 11 is 0. The average molecular weight is 269 g/mol. The first kappa shape index (κ1) is 16.1. The minimum absolute atomic E-state index is 0.0145. The van der Waals surface area contributed by atoms with E-state index in [0.29, 0.717) is 5.56 Å². The molecular formula is C18H23NO. The van der Waals surface area contributed by atoms with Gasteiger partial charge < -0.3 is 5.11 Å². The molecule has 0 saturated heterocycles. The summed E-state index contributed by atoms with van der Waals surface area (Å²) in [6.45, 7) is 12.6. The molecule has 2 nitrogen and oxygen atoms in total. The van der Waals surface area contributed by atoms with Crippen LogP contribution in [0.15, 0.2) is 12.1 Å².